The van der Waals surface area contributed by atoms with Crippen molar-refractivity contribution in [2.24, 2.45) is 5.92 Å². The summed E-state index contributed by atoms with van der Waals surface area (Å²) >= 11 is 1.95. The normalized spacial score (nSPS) is 23.0. The minimum atomic E-state index is 0.254. The highest BCUT2D eigenvalue weighted by molar-refractivity contribution is 7.12. The van der Waals surface area contributed by atoms with Crippen LogP contribution in [0, 0.1) is 5.92 Å². The van der Waals surface area contributed by atoms with E-state index in [0.717, 1.165) is 13.2 Å². The first-order valence-electron chi connectivity index (χ1n) is 6.87. The standard InChI is InChI=1S/C15H25NOS/c1-15(2,3)13-8-7-12(18-13)14(16-4)11-6-5-9-17-10-11/h7-8,11,14,16H,5-6,9-10H2,1-4H3. The van der Waals surface area contributed by atoms with Gasteiger partial charge in [0.2, 0.25) is 0 Å². The van der Waals surface area contributed by atoms with Crippen molar-refractivity contribution in [2.45, 2.75) is 45.1 Å². The summed E-state index contributed by atoms with van der Waals surface area (Å²) in [6.45, 7) is 8.67. The monoisotopic (exact) mass is 267 g/mol. The summed E-state index contributed by atoms with van der Waals surface area (Å²) in [5, 5.41) is 3.48. The first kappa shape index (κ1) is 14.0. The van der Waals surface area contributed by atoms with Crippen molar-refractivity contribution >= 4 is 11.3 Å². The molecule has 0 spiro atoms. The van der Waals surface area contributed by atoms with Gasteiger partial charge in [-0.3, -0.25) is 0 Å². The maximum atomic E-state index is 5.63. The maximum Gasteiger partial charge on any atom is 0.0512 e. The molecule has 2 unspecified atom stereocenters. The smallest absolute Gasteiger partial charge is 0.0512 e. The molecule has 0 amide bonds. The van der Waals surface area contributed by atoms with E-state index in [2.05, 4.69) is 45.3 Å². The second-order valence-electron chi connectivity index (χ2n) is 6.20. The van der Waals surface area contributed by atoms with E-state index in [1.165, 1.54) is 22.6 Å². The molecule has 2 rings (SSSR count). The van der Waals surface area contributed by atoms with Gasteiger partial charge in [0, 0.05) is 28.3 Å². The van der Waals surface area contributed by atoms with Crippen molar-refractivity contribution in [1.82, 2.24) is 5.32 Å². The van der Waals surface area contributed by atoms with Gasteiger partial charge in [0.25, 0.3) is 0 Å². The Hall–Kier alpha value is -0.380. The zero-order valence-corrected chi connectivity index (χ0v) is 12.8. The van der Waals surface area contributed by atoms with Crippen LogP contribution in [-0.2, 0) is 10.2 Å². The molecular weight excluding hydrogens is 242 g/mol. The summed E-state index contributed by atoms with van der Waals surface area (Å²) in [6.07, 6.45) is 2.47. The molecular formula is C15H25NOS. The number of ether oxygens (including phenoxy) is 1. The lowest BCUT2D eigenvalue weighted by atomic mass is 9.92. The Bertz CT molecular complexity index is 374. The van der Waals surface area contributed by atoms with Crippen molar-refractivity contribution < 1.29 is 4.74 Å². The Morgan fingerprint density at radius 3 is 2.67 bits per heavy atom. The number of hydrogen-bond acceptors (Lipinski definition) is 3. The minimum absolute atomic E-state index is 0.254. The average Bonchev–Trinajstić information content (AvgIpc) is 2.81. The van der Waals surface area contributed by atoms with Gasteiger partial charge in [-0.15, -0.1) is 11.3 Å². The van der Waals surface area contributed by atoms with Crippen LogP contribution in [0.25, 0.3) is 0 Å². The lowest BCUT2D eigenvalue weighted by Gasteiger charge is -2.29. The Morgan fingerprint density at radius 2 is 2.17 bits per heavy atom. The summed E-state index contributed by atoms with van der Waals surface area (Å²) < 4.78 is 5.63. The fourth-order valence-electron chi connectivity index (χ4n) is 2.56. The fraction of sp³-hybridized carbons (Fsp3) is 0.733. The highest BCUT2D eigenvalue weighted by Gasteiger charge is 2.26. The second-order valence-corrected chi connectivity index (χ2v) is 7.31. The minimum Gasteiger partial charge on any atom is -0.381 e. The molecule has 2 nitrogen and oxygen atoms in total. The number of nitrogens with one attached hydrogen (secondary N) is 1. The largest absolute Gasteiger partial charge is 0.381 e. The number of rotatable bonds is 3. The maximum absolute atomic E-state index is 5.63. The van der Waals surface area contributed by atoms with Crippen LogP contribution < -0.4 is 5.32 Å². The zero-order valence-electron chi connectivity index (χ0n) is 12.0. The van der Waals surface area contributed by atoms with Crippen LogP contribution in [0.1, 0.15) is 49.4 Å². The molecule has 1 aromatic heterocycles. The Balaban J connectivity index is 2.14. The third-order valence-corrected chi connectivity index (χ3v) is 5.24. The molecule has 2 heterocycles. The van der Waals surface area contributed by atoms with E-state index < -0.39 is 0 Å². The second kappa shape index (κ2) is 5.72. The van der Waals surface area contributed by atoms with E-state index in [-0.39, 0.29) is 5.41 Å². The third kappa shape index (κ3) is 3.14. The van der Waals surface area contributed by atoms with Gasteiger partial charge in [-0.2, -0.15) is 0 Å². The molecule has 1 aliphatic heterocycles. The third-order valence-electron chi connectivity index (χ3n) is 3.65. The topological polar surface area (TPSA) is 21.3 Å². The van der Waals surface area contributed by atoms with Crippen LogP contribution in [0.15, 0.2) is 12.1 Å². The van der Waals surface area contributed by atoms with Gasteiger partial charge in [0.15, 0.2) is 0 Å². The van der Waals surface area contributed by atoms with Crippen molar-refractivity contribution in [1.29, 1.82) is 0 Å². The predicted octanol–water partition coefficient (Wildman–Crippen LogP) is 3.73. The van der Waals surface area contributed by atoms with Crippen LogP contribution in [0.4, 0.5) is 0 Å². The van der Waals surface area contributed by atoms with Gasteiger partial charge in [-0.25, -0.2) is 0 Å². The van der Waals surface area contributed by atoms with E-state index >= 15 is 0 Å². The molecule has 2 atom stereocenters. The van der Waals surface area contributed by atoms with Gasteiger partial charge in [0.05, 0.1) is 6.61 Å². The summed E-state index contributed by atoms with van der Waals surface area (Å²) in [7, 11) is 2.07. The molecule has 0 radical (unpaired) electrons. The van der Waals surface area contributed by atoms with E-state index in [4.69, 9.17) is 4.74 Å². The number of hydrogen-bond donors (Lipinski definition) is 1. The highest BCUT2D eigenvalue weighted by atomic mass is 32.1. The van der Waals surface area contributed by atoms with Gasteiger partial charge in [-0.05, 0) is 37.4 Å². The van der Waals surface area contributed by atoms with Crippen molar-refractivity contribution in [3.8, 4) is 0 Å². The predicted molar refractivity (Wildman–Crippen MR) is 78.4 cm³/mol. The van der Waals surface area contributed by atoms with E-state index in [1.54, 1.807) is 0 Å². The molecule has 0 aromatic carbocycles. The molecule has 1 saturated heterocycles. The van der Waals surface area contributed by atoms with Crippen LogP contribution in [0.2, 0.25) is 0 Å². The van der Waals surface area contributed by atoms with Gasteiger partial charge < -0.3 is 10.1 Å². The van der Waals surface area contributed by atoms with E-state index in [1.807, 2.05) is 11.3 Å². The number of thiophene rings is 1. The Morgan fingerprint density at radius 1 is 1.39 bits per heavy atom. The lowest BCUT2D eigenvalue weighted by molar-refractivity contribution is 0.0407. The molecule has 3 heteroatoms. The SMILES string of the molecule is CNC(c1ccc(C(C)(C)C)s1)C1CCCOC1. The molecule has 1 aromatic rings. The van der Waals surface area contributed by atoms with Gasteiger partial charge >= 0.3 is 0 Å². The van der Waals surface area contributed by atoms with Crippen LogP contribution in [0.3, 0.4) is 0 Å². The van der Waals surface area contributed by atoms with Crippen molar-refractivity contribution in [2.75, 3.05) is 20.3 Å². The molecule has 102 valence electrons. The average molecular weight is 267 g/mol. The van der Waals surface area contributed by atoms with Crippen LogP contribution in [-0.4, -0.2) is 20.3 Å². The van der Waals surface area contributed by atoms with Gasteiger partial charge in [-0.1, -0.05) is 20.8 Å². The van der Waals surface area contributed by atoms with Crippen molar-refractivity contribution in [3.63, 3.8) is 0 Å². The first-order valence-corrected chi connectivity index (χ1v) is 7.69. The molecule has 1 aliphatic rings. The quantitative estimate of drug-likeness (QED) is 0.901. The molecule has 1 fully saturated rings. The zero-order chi connectivity index (χ0) is 13.2. The molecule has 1 N–H and O–H groups in total. The summed E-state index contributed by atoms with van der Waals surface area (Å²) in [6, 6.07) is 5.03. The summed E-state index contributed by atoms with van der Waals surface area (Å²) in [5.41, 5.74) is 0.254. The lowest BCUT2D eigenvalue weighted by Crippen LogP contribution is -2.30. The van der Waals surface area contributed by atoms with Gasteiger partial charge in [0.1, 0.15) is 0 Å². The fourth-order valence-corrected chi connectivity index (χ4v) is 3.83. The Kier molecular flexibility index (Phi) is 4.46. The van der Waals surface area contributed by atoms with Crippen LogP contribution >= 0.6 is 11.3 Å². The first-order chi connectivity index (χ1) is 8.52. The van der Waals surface area contributed by atoms with E-state index in [0.29, 0.717) is 12.0 Å². The Labute approximate surface area is 115 Å². The van der Waals surface area contributed by atoms with Crippen molar-refractivity contribution in [3.05, 3.63) is 21.9 Å². The molecule has 0 bridgehead atoms. The molecule has 0 aliphatic carbocycles. The van der Waals surface area contributed by atoms with E-state index in [9.17, 15) is 0 Å². The molecule has 18 heavy (non-hydrogen) atoms. The summed E-state index contributed by atoms with van der Waals surface area (Å²) in [5.74, 6) is 0.621. The summed E-state index contributed by atoms with van der Waals surface area (Å²) in [4.78, 5) is 2.92. The van der Waals surface area contributed by atoms with Crippen LogP contribution in [0.5, 0.6) is 0 Å². The molecule has 0 saturated carbocycles. The highest BCUT2D eigenvalue weighted by Crippen LogP contribution is 2.36.